The smallest absolute Gasteiger partial charge is 0.313 e. The zero-order valence-electron chi connectivity index (χ0n) is 17.0. The summed E-state index contributed by atoms with van der Waals surface area (Å²) in [6.45, 7) is 7.74. The summed E-state index contributed by atoms with van der Waals surface area (Å²) in [6.07, 6.45) is 4.21. The van der Waals surface area contributed by atoms with Crippen LogP contribution in [0.2, 0.25) is 0 Å². The van der Waals surface area contributed by atoms with Crippen LogP contribution >= 0.6 is 0 Å². The summed E-state index contributed by atoms with van der Waals surface area (Å²) in [7, 11) is 0. The van der Waals surface area contributed by atoms with Crippen LogP contribution in [0, 0.1) is 13.8 Å². The van der Waals surface area contributed by atoms with Gasteiger partial charge in [-0.2, -0.15) is 0 Å². The maximum absolute atomic E-state index is 13.2. The van der Waals surface area contributed by atoms with Gasteiger partial charge in [0, 0.05) is 6.04 Å². The van der Waals surface area contributed by atoms with Gasteiger partial charge in [-0.25, -0.2) is 4.98 Å². The van der Waals surface area contributed by atoms with Crippen LogP contribution in [0.4, 0.5) is 11.5 Å². The highest BCUT2D eigenvalue weighted by Crippen LogP contribution is 2.40. The highest BCUT2D eigenvalue weighted by atomic mass is 16.2. The van der Waals surface area contributed by atoms with Crippen LogP contribution in [0.25, 0.3) is 0 Å². The number of nitrogens with two attached hydrogens (primary N) is 1. The van der Waals surface area contributed by atoms with E-state index in [-0.39, 0.29) is 6.04 Å². The molecular weight excluding hydrogens is 352 g/mol. The number of amides is 2. The summed E-state index contributed by atoms with van der Waals surface area (Å²) in [5.41, 5.74) is 8.46. The van der Waals surface area contributed by atoms with Crippen molar-refractivity contribution in [3.05, 3.63) is 53.2 Å². The summed E-state index contributed by atoms with van der Waals surface area (Å²) in [5, 5.41) is 2.74. The average molecular weight is 380 g/mol. The highest BCUT2D eigenvalue weighted by molar-refractivity contribution is 6.39. The molecule has 28 heavy (non-hydrogen) atoms. The normalized spacial score (nSPS) is 22.0. The molecule has 0 saturated carbocycles. The number of nitrogens with one attached hydrogen (secondary N) is 1. The van der Waals surface area contributed by atoms with Gasteiger partial charge in [0.05, 0.1) is 17.4 Å². The number of benzene rings is 1. The molecule has 3 rings (SSSR count). The first-order chi connectivity index (χ1) is 13.3. The van der Waals surface area contributed by atoms with Crippen LogP contribution in [0.3, 0.4) is 0 Å². The van der Waals surface area contributed by atoms with Crippen LogP contribution in [0.15, 0.2) is 36.5 Å². The van der Waals surface area contributed by atoms with Crippen molar-refractivity contribution < 1.29 is 9.59 Å². The van der Waals surface area contributed by atoms with Gasteiger partial charge in [-0.1, -0.05) is 30.3 Å². The second-order valence-electron chi connectivity index (χ2n) is 7.82. The molecule has 1 aromatic carbocycles. The molecule has 6 heteroatoms. The first kappa shape index (κ1) is 19.9. The summed E-state index contributed by atoms with van der Waals surface area (Å²) >= 11 is 0. The molecule has 1 aliphatic rings. The third-order valence-electron chi connectivity index (χ3n) is 6.00. The van der Waals surface area contributed by atoms with Gasteiger partial charge >= 0.3 is 11.8 Å². The number of nitrogen functional groups attached to an aromatic ring is 1. The van der Waals surface area contributed by atoms with E-state index in [2.05, 4.69) is 10.3 Å². The Morgan fingerprint density at radius 1 is 1.21 bits per heavy atom. The molecule has 1 aromatic heterocycles. The number of rotatable bonds is 2. The molecule has 6 nitrogen and oxygen atoms in total. The number of piperidine rings is 1. The Labute approximate surface area is 166 Å². The molecule has 0 spiro atoms. The molecule has 0 unspecified atom stereocenters. The number of anilines is 2. The van der Waals surface area contributed by atoms with Crippen molar-refractivity contribution in [1.29, 1.82) is 0 Å². The SMILES string of the molecule is Cc1c(NC(=O)C(=O)N2[C@H](C)CCC[C@@]2(C)c2ccccc2)cnc(N)c1C. The number of nitrogens with zero attached hydrogens (tertiary/aromatic N) is 2. The Morgan fingerprint density at radius 3 is 2.57 bits per heavy atom. The first-order valence-corrected chi connectivity index (χ1v) is 9.67. The van der Waals surface area contributed by atoms with Crippen molar-refractivity contribution in [3.63, 3.8) is 0 Å². The molecule has 148 valence electrons. The summed E-state index contributed by atoms with van der Waals surface area (Å²) in [5.74, 6) is -0.750. The quantitative estimate of drug-likeness (QED) is 0.780. The van der Waals surface area contributed by atoms with Gasteiger partial charge in [0.1, 0.15) is 5.82 Å². The summed E-state index contributed by atoms with van der Waals surface area (Å²) in [4.78, 5) is 31.9. The molecule has 1 fully saturated rings. The van der Waals surface area contributed by atoms with Crippen LogP contribution in [-0.4, -0.2) is 27.7 Å². The molecule has 3 N–H and O–H groups in total. The number of hydrogen-bond donors (Lipinski definition) is 2. The average Bonchev–Trinajstić information content (AvgIpc) is 2.68. The van der Waals surface area contributed by atoms with Crippen molar-refractivity contribution in [2.45, 2.75) is 58.5 Å². The predicted molar refractivity (Wildman–Crippen MR) is 111 cm³/mol. The van der Waals surface area contributed by atoms with Gasteiger partial charge in [-0.15, -0.1) is 0 Å². The third kappa shape index (κ3) is 3.46. The van der Waals surface area contributed by atoms with Gasteiger partial charge < -0.3 is 16.0 Å². The lowest BCUT2D eigenvalue weighted by atomic mass is 9.79. The van der Waals surface area contributed by atoms with Gasteiger partial charge in [0.25, 0.3) is 0 Å². The lowest BCUT2D eigenvalue weighted by molar-refractivity contribution is -0.152. The zero-order valence-corrected chi connectivity index (χ0v) is 17.0. The molecule has 0 radical (unpaired) electrons. The van der Waals surface area contributed by atoms with Crippen molar-refractivity contribution in [3.8, 4) is 0 Å². The second-order valence-corrected chi connectivity index (χ2v) is 7.82. The van der Waals surface area contributed by atoms with E-state index in [1.54, 1.807) is 4.90 Å². The van der Waals surface area contributed by atoms with Gasteiger partial charge in [0.2, 0.25) is 0 Å². The van der Waals surface area contributed by atoms with E-state index >= 15 is 0 Å². The fourth-order valence-electron chi connectivity index (χ4n) is 4.12. The lowest BCUT2D eigenvalue weighted by Crippen LogP contribution is -2.57. The van der Waals surface area contributed by atoms with E-state index in [0.29, 0.717) is 11.5 Å². The van der Waals surface area contributed by atoms with Crippen molar-refractivity contribution in [1.82, 2.24) is 9.88 Å². The maximum Gasteiger partial charge on any atom is 0.313 e. The molecule has 2 atom stereocenters. The van der Waals surface area contributed by atoms with Gasteiger partial charge in [0.15, 0.2) is 0 Å². The topological polar surface area (TPSA) is 88.3 Å². The fourth-order valence-corrected chi connectivity index (χ4v) is 4.12. The van der Waals surface area contributed by atoms with Gasteiger partial charge in [-0.05, 0) is 63.6 Å². The number of aromatic nitrogens is 1. The molecule has 1 saturated heterocycles. The number of likely N-dealkylation sites (tertiary alicyclic amines) is 1. The Bertz CT molecular complexity index is 897. The molecule has 1 aliphatic heterocycles. The van der Waals surface area contributed by atoms with Gasteiger partial charge in [-0.3, -0.25) is 9.59 Å². The maximum atomic E-state index is 13.2. The number of carbonyl (C=O) groups excluding carboxylic acids is 2. The Hall–Kier alpha value is -2.89. The van der Waals surface area contributed by atoms with Crippen LogP contribution < -0.4 is 11.1 Å². The molecular formula is C22H28N4O2. The minimum Gasteiger partial charge on any atom is -0.383 e. The van der Waals surface area contributed by atoms with E-state index in [9.17, 15) is 9.59 Å². The van der Waals surface area contributed by atoms with Crippen LogP contribution in [0.1, 0.15) is 49.8 Å². The molecule has 2 amide bonds. The molecule has 0 bridgehead atoms. The Morgan fingerprint density at radius 2 is 1.89 bits per heavy atom. The standard InChI is InChI=1S/C22H28N4O2/c1-14-9-8-12-22(4,17-10-6-5-7-11-17)26(14)21(28)20(27)25-18-13-24-19(23)16(3)15(18)2/h5-7,10-11,13-14H,8-9,12H2,1-4H3,(H2,23,24)(H,25,27)/t14-,22+/m1/s1. The highest BCUT2D eigenvalue weighted by Gasteiger charge is 2.44. The van der Waals surface area contributed by atoms with Crippen molar-refractivity contribution in [2.24, 2.45) is 0 Å². The molecule has 2 aromatic rings. The van der Waals surface area contributed by atoms with Crippen molar-refractivity contribution in [2.75, 3.05) is 11.1 Å². The summed E-state index contributed by atoms with van der Waals surface area (Å²) < 4.78 is 0. The largest absolute Gasteiger partial charge is 0.383 e. The van der Waals surface area contributed by atoms with Crippen LogP contribution in [-0.2, 0) is 15.1 Å². The molecule has 2 heterocycles. The second kappa shape index (κ2) is 7.62. The van der Waals surface area contributed by atoms with Crippen LogP contribution in [0.5, 0.6) is 0 Å². The van der Waals surface area contributed by atoms with E-state index in [1.165, 1.54) is 6.20 Å². The Kier molecular flexibility index (Phi) is 5.40. The summed E-state index contributed by atoms with van der Waals surface area (Å²) in [6, 6.07) is 9.91. The number of pyridine rings is 1. The number of carbonyl (C=O) groups is 2. The first-order valence-electron chi connectivity index (χ1n) is 9.67. The third-order valence-corrected chi connectivity index (χ3v) is 6.00. The minimum atomic E-state index is -0.648. The monoisotopic (exact) mass is 380 g/mol. The Balaban J connectivity index is 1.90. The zero-order chi connectivity index (χ0) is 20.5. The van der Waals surface area contributed by atoms with Crippen molar-refractivity contribution >= 4 is 23.3 Å². The minimum absolute atomic E-state index is 0.0235. The van der Waals surface area contributed by atoms with E-state index < -0.39 is 17.4 Å². The van der Waals surface area contributed by atoms with E-state index in [1.807, 2.05) is 58.0 Å². The fraction of sp³-hybridized carbons (Fsp3) is 0.409. The number of hydrogen-bond acceptors (Lipinski definition) is 4. The lowest BCUT2D eigenvalue weighted by Gasteiger charge is -2.48. The van der Waals surface area contributed by atoms with E-state index in [0.717, 1.165) is 36.0 Å². The molecule has 0 aliphatic carbocycles. The van der Waals surface area contributed by atoms with E-state index in [4.69, 9.17) is 5.73 Å². The predicted octanol–water partition coefficient (Wildman–Crippen LogP) is 3.54.